The lowest BCUT2D eigenvalue weighted by Crippen LogP contribution is -2.31. The summed E-state index contributed by atoms with van der Waals surface area (Å²) in [5, 5.41) is 6.07. The highest BCUT2D eigenvalue weighted by Gasteiger charge is 2.33. The van der Waals surface area contributed by atoms with Crippen molar-refractivity contribution in [2.24, 2.45) is 4.99 Å². The molecule has 4 rings (SSSR count). The van der Waals surface area contributed by atoms with Gasteiger partial charge in [-0.05, 0) is 44.6 Å². The minimum Gasteiger partial charge on any atom is -0.496 e. The lowest BCUT2D eigenvalue weighted by molar-refractivity contribution is -0.129. The van der Waals surface area contributed by atoms with Gasteiger partial charge in [0.2, 0.25) is 11.8 Å². The average Bonchev–Trinajstić information content (AvgIpc) is 3.15. The van der Waals surface area contributed by atoms with Gasteiger partial charge in [0.05, 0.1) is 18.4 Å². The van der Waals surface area contributed by atoms with Gasteiger partial charge in [-0.25, -0.2) is 9.97 Å². The number of carbonyl (C=O) groups excluding carboxylic acids is 2. The van der Waals surface area contributed by atoms with E-state index >= 15 is 0 Å². The van der Waals surface area contributed by atoms with Crippen LogP contribution < -0.4 is 15.4 Å². The van der Waals surface area contributed by atoms with E-state index in [2.05, 4.69) is 37.5 Å². The van der Waals surface area contributed by atoms with Gasteiger partial charge in [-0.3, -0.25) is 14.6 Å². The Morgan fingerprint density at radius 1 is 1.09 bits per heavy atom. The number of hydrogen-bond acceptors (Lipinski definition) is 8. The van der Waals surface area contributed by atoms with Crippen LogP contribution in [0.2, 0.25) is 0 Å². The molecule has 0 spiro atoms. The van der Waals surface area contributed by atoms with E-state index in [4.69, 9.17) is 4.74 Å². The Hall–Kier alpha value is -3.53. The van der Waals surface area contributed by atoms with Gasteiger partial charge in [0, 0.05) is 44.9 Å². The Kier molecular flexibility index (Phi) is 7.36. The van der Waals surface area contributed by atoms with Crippen LogP contribution in [-0.4, -0.2) is 78.6 Å². The van der Waals surface area contributed by atoms with E-state index in [-0.39, 0.29) is 11.8 Å². The fourth-order valence-electron chi connectivity index (χ4n) is 4.21. The number of nitrogens with one attached hydrogen (secondary N) is 2. The first-order chi connectivity index (χ1) is 16.5. The lowest BCUT2D eigenvalue weighted by Gasteiger charge is -2.20. The van der Waals surface area contributed by atoms with E-state index in [9.17, 15) is 9.59 Å². The quantitative estimate of drug-likeness (QED) is 0.665. The number of anilines is 2. The SMILES string of the molecule is COc1ccc2cc1CN(C)CCCCC(=O)N(C)CCNc1ncnc3c1C(C=N2)C(=O)N3. The number of hydrogen-bond donors (Lipinski definition) is 2. The first-order valence-corrected chi connectivity index (χ1v) is 11.5. The lowest BCUT2D eigenvalue weighted by atomic mass is 10.0. The Labute approximate surface area is 199 Å². The zero-order chi connectivity index (χ0) is 24.1. The summed E-state index contributed by atoms with van der Waals surface area (Å²) in [4.78, 5) is 42.3. The monoisotopic (exact) mass is 465 g/mol. The molecule has 1 aromatic heterocycles. The Bertz CT molecular complexity index is 1090. The van der Waals surface area contributed by atoms with Crippen LogP contribution in [0.3, 0.4) is 0 Å². The fraction of sp³-hybridized carbons (Fsp3) is 0.458. The molecule has 2 aliphatic heterocycles. The van der Waals surface area contributed by atoms with Crippen molar-refractivity contribution in [1.82, 2.24) is 19.8 Å². The fourth-order valence-corrected chi connectivity index (χ4v) is 4.21. The van der Waals surface area contributed by atoms with Crippen LogP contribution in [0, 0.1) is 0 Å². The number of carbonyl (C=O) groups is 2. The number of benzene rings is 1. The molecular weight excluding hydrogens is 434 g/mol. The predicted molar refractivity (Wildman–Crippen MR) is 131 cm³/mol. The summed E-state index contributed by atoms with van der Waals surface area (Å²) in [6.45, 7) is 2.60. The average molecular weight is 466 g/mol. The van der Waals surface area contributed by atoms with Crippen molar-refractivity contribution in [3.63, 3.8) is 0 Å². The number of amides is 2. The molecule has 180 valence electrons. The van der Waals surface area contributed by atoms with Gasteiger partial charge >= 0.3 is 0 Å². The highest BCUT2D eigenvalue weighted by Crippen LogP contribution is 2.35. The van der Waals surface area contributed by atoms with Gasteiger partial charge in [-0.15, -0.1) is 0 Å². The van der Waals surface area contributed by atoms with Crippen molar-refractivity contribution in [2.45, 2.75) is 31.7 Å². The number of rotatable bonds is 1. The number of likely N-dealkylation sites (N-methyl/N-ethyl adjacent to an activating group) is 1. The standard InChI is InChI=1S/C24H31N7O3/c1-30-10-5-4-6-20(32)31(2)11-9-25-22-21-18(24(33)29-23(21)28-15-27-22)13-26-17-7-8-19(34-3)16(12-17)14-30/h7-8,12-13,15,18H,4-6,9-11,14H2,1-3H3,(H2,25,27,28,29,33). The van der Waals surface area contributed by atoms with Crippen molar-refractivity contribution in [3.8, 4) is 5.75 Å². The predicted octanol–water partition coefficient (Wildman–Crippen LogP) is 2.41. The van der Waals surface area contributed by atoms with Crippen molar-refractivity contribution in [2.75, 3.05) is 51.5 Å². The zero-order valence-corrected chi connectivity index (χ0v) is 19.9. The molecule has 2 N–H and O–H groups in total. The van der Waals surface area contributed by atoms with Gasteiger partial charge in [-0.1, -0.05) is 0 Å². The van der Waals surface area contributed by atoms with Crippen LogP contribution in [0.1, 0.15) is 36.3 Å². The number of fused-ring (bicyclic) bond motifs is 2. The third-order valence-electron chi connectivity index (χ3n) is 6.14. The van der Waals surface area contributed by atoms with Crippen LogP contribution in [0.15, 0.2) is 29.5 Å². The van der Waals surface area contributed by atoms with E-state index in [0.717, 1.165) is 36.4 Å². The molecule has 2 aliphatic rings. The second kappa shape index (κ2) is 10.6. The molecule has 3 heterocycles. The number of aliphatic imine (C=N–C) groups is 1. The molecule has 1 aromatic carbocycles. The third-order valence-corrected chi connectivity index (χ3v) is 6.14. The van der Waals surface area contributed by atoms with Crippen LogP contribution >= 0.6 is 0 Å². The molecule has 2 aromatic rings. The topological polar surface area (TPSA) is 112 Å². The Balaban J connectivity index is 1.66. The molecule has 34 heavy (non-hydrogen) atoms. The highest BCUT2D eigenvalue weighted by molar-refractivity contribution is 6.13. The summed E-state index contributed by atoms with van der Waals surface area (Å²) in [5.41, 5.74) is 2.41. The van der Waals surface area contributed by atoms with E-state index < -0.39 is 5.92 Å². The second-order valence-corrected chi connectivity index (χ2v) is 8.66. The first-order valence-electron chi connectivity index (χ1n) is 11.5. The smallest absolute Gasteiger partial charge is 0.238 e. The van der Waals surface area contributed by atoms with E-state index in [0.29, 0.717) is 43.3 Å². The molecule has 0 saturated heterocycles. The van der Waals surface area contributed by atoms with Gasteiger partial charge in [0.25, 0.3) is 0 Å². The maximum absolute atomic E-state index is 12.7. The maximum atomic E-state index is 12.7. The molecule has 0 aliphatic carbocycles. The Morgan fingerprint density at radius 3 is 2.74 bits per heavy atom. The number of ether oxygens (including phenoxy) is 1. The van der Waals surface area contributed by atoms with Gasteiger partial charge in [0.15, 0.2) is 0 Å². The summed E-state index contributed by atoms with van der Waals surface area (Å²) in [6.07, 6.45) is 5.32. The van der Waals surface area contributed by atoms with Crippen molar-refractivity contribution < 1.29 is 14.3 Å². The largest absolute Gasteiger partial charge is 0.496 e. The molecule has 2 amide bonds. The van der Waals surface area contributed by atoms with Gasteiger partial charge in [-0.2, -0.15) is 0 Å². The maximum Gasteiger partial charge on any atom is 0.238 e. The molecular formula is C24H31N7O3. The molecule has 0 fully saturated rings. The minimum absolute atomic E-state index is 0.117. The number of aromatic nitrogens is 2. The van der Waals surface area contributed by atoms with Crippen molar-refractivity contribution in [3.05, 3.63) is 35.7 Å². The second-order valence-electron chi connectivity index (χ2n) is 8.66. The van der Waals surface area contributed by atoms with E-state index in [1.165, 1.54) is 6.33 Å². The Morgan fingerprint density at radius 2 is 1.91 bits per heavy atom. The molecule has 1 unspecified atom stereocenters. The van der Waals surface area contributed by atoms with Crippen LogP contribution in [0.5, 0.6) is 5.75 Å². The van der Waals surface area contributed by atoms with Crippen LogP contribution in [0.4, 0.5) is 17.3 Å². The zero-order valence-electron chi connectivity index (χ0n) is 19.9. The molecule has 1 atom stereocenters. The molecule has 2 bridgehead atoms. The summed E-state index contributed by atoms with van der Waals surface area (Å²) in [5.74, 6) is 1.13. The molecule has 0 radical (unpaired) electrons. The van der Waals surface area contributed by atoms with Crippen LogP contribution in [-0.2, 0) is 16.1 Å². The summed E-state index contributed by atoms with van der Waals surface area (Å²) in [7, 11) is 5.51. The molecule has 0 saturated carbocycles. The summed E-state index contributed by atoms with van der Waals surface area (Å²) >= 11 is 0. The van der Waals surface area contributed by atoms with E-state index in [1.54, 1.807) is 18.2 Å². The third kappa shape index (κ3) is 5.33. The highest BCUT2D eigenvalue weighted by atomic mass is 16.5. The number of nitrogens with zero attached hydrogens (tertiary/aromatic N) is 5. The molecule has 10 nitrogen and oxygen atoms in total. The van der Waals surface area contributed by atoms with Crippen molar-refractivity contribution >= 4 is 35.4 Å². The van der Waals surface area contributed by atoms with Crippen molar-refractivity contribution in [1.29, 1.82) is 0 Å². The summed E-state index contributed by atoms with van der Waals surface area (Å²) < 4.78 is 5.55. The van der Waals surface area contributed by atoms with Crippen LogP contribution in [0.25, 0.3) is 0 Å². The number of methoxy groups -OCH3 is 1. The van der Waals surface area contributed by atoms with Gasteiger partial charge < -0.3 is 25.2 Å². The minimum atomic E-state index is -0.617. The normalized spacial score (nSPS) is 20.0. The van der Waals surface area contributed by atoms with E-state index in [1.807, 2.05) is 25.2 Å². The first kappa shape index (κ1) is 23.6. The molecule has 10 heteroatoms. The summed E-state index contributed by atoms with van der Waals surface area (Å²) in [6, 6.07) is 5.75. The van der Waals surface area contributed by atoms with Gasteiger partial charge in [0.1, 0.15) is 29.6 Å².